The highest BCUT2D eigenvalue weighted by atomic mass is 16.2. The molecule has 0 spiro atoms. The molecule has 2 aromatic heterocycles. The predicted molar refractivity (Wildman–Crippen MR) is 121 cm³/mol. The van der Waals surface area contributed by atoms with Crippen molar-refractivity contribution in [3.05, 3.63) is 71.7 Å². The lowest BCUT2D eigenvalue weighted by Gasteiger charge is -2.37. The van der Waals surface area contributed by atoms with Crippen LogP contribution in [-0.4, -0.2) is 47.1 Å². The number of nitrogens with zero attached hydrogens (tertiary/aromatic N) is 4. The second kappa shape index (κ2) is 9.16. The Morgan fingerprint density at radius 1 is 1.20 bits per heavy atom. The van der Waals surface area contributed by atoms with Crippen molar-refractivity contribution in [1.82, 2.24) is 14.9 Å². The zero-order chi connectivity index (χ0) is 20.9. The number of pyridine rings is 2. The standard InChI is InChI=1S/C25H28N4O/c1-18-13-21(17-29(16-18)24(30)10-7-19-5-3-11-27-14-19)22-9-8-20(15-26-2)25-23(22)6-4-12-28-25/h3-6,8-9,11-12,14-15,18,21H,7,10,13,16-17H2,1-2H3/b26-15+/t18-,21+/m1/s1. The van der Waals surface area contributed by atoms with Gasteiger partial charge in [0, 0.05) is 68.2 Å². The molecule has 3 aromatic rings. The van der Waals surface area contributed by atoms with Gasteiger partial charge in [-0.15, -0.1) is 0 Å². The number of aliphatic imine (C=N–C) groups is 1. The van der Waals surface area contributed by atoms with Crippen LogP contribution in [0, 0.1) is 5.92 Å². The van der Waals surface area contributed by atoms with Gasteiger partial charge in [0.2, 0.25) is 5.91 Å². The monoisotopic (exact) mass is 400 g/mol. The fraction of sp³-hybridized carbons (Fsp3) is 0.360. The first-order valence-corrected chi connectivity index (χ1v) is 10.6. The first-order valence-electron chi connectivity index (χ1n) is 10.6. The van der Waals surface area contributed by atoms with Gasteiger partial charge in [-0.1, -0.05) is 31.2 Å². The third-order valence-electron chi connectivity index (χ3n) is 5.91. The number of aryl methyl sites for hydroxylation is 1. The molecule has 0 saturated carbocycles. The molecule has 0 bridgehead atoms. The zero-order valence-electron chi connectivity index (χ0n) is 17.7. The largest absolute Gasteiger partial charge is 0.342 e. The second-order valence-corrected chi connectivity index (χ2v) is 8.23. The number of hydrogen-bond donors (Lipinski definition) is 0. The van der Waals surface area contributed by atoms with E-state index >= 15 is 0 Å². The van der Waals surface area contributed by atoms with E-state index in [1.807, 2.05) is 36.8 Å². The lowest BCUT2D eigenvalue weighted by Crippen LogP contribution is -2.42. The van der Waals surface area contributed by atoms with Crippen molar-refractivity contribution in [3.63, 3.8) is 0 Å². The van der Waals surface area contributed by atoms with Crippen LogP contribution < -0.4 is 0 Å². The molecule has 0 aliphatic carbocycles. The van der Waals surface area contributed by atoms with Gasteiger partial charge >= 0.3 is 0 Å². The van der Waals surface area contributed by atoms with Crippen LogP contribution in [0.1, 0.15) is 42.4 Å². The van der Waals surface area contributed by atoms with Gasteiger partial charge in [-0.25, -0.2) is 0 Å². The lowest BCUT2D eigenvalue weighted by atomic mass is 9.83. The summed E-state index contributed by atoms with van der Waals surface area (Å²) in [6.07, 6.45) is 9.64. The van der Waals surface area contributed by atoms with Crippen molar-refractivity contribution in [1.29, 1.82) is 0 Å². The van der Waals surface area contributed by atoms with E-state index < -0.39 is 0 Å². The Kier molecular flexibility index (Phi) is 6.17. The molecule has 0 unspecified atom stereocenters. The maximum atomic E-state index is 13.0. The fourth-order valence-corrected chi connectivity index (χ4v) is 4.55. The van der Waals surface area contributed by atoms with Crippen LogP contribution in [0.15, 0.2) is 60.0 Å². The highest BCUT2D eigenvalue weighted by Crippen LogP contribution is 2.35. The number of carbonyl (C=O) groups excluding carboxylic acids is 1. The summed E-state index contributed by atoms with van der Waals surface area (Å²) in [5.41, 5.74) is 4.40. The van der Waals surface area contributed by atoms with Crippen molar-refractivity contribution in [3.8, 4) is 0 Å². The Hall–Kier alpha value is -3.08. The molecule has 30 heavy (non-hydrogen) atoms. The zero-order valence-corrected chi connectivity index (χ0v) is 17.7. The Morgan fingerprint density at radius 3 is 2.87 bits per heavy atom. The Morgan fingerprint density at radius 2 is 2.07 bits per heavy atom. The first kappa shape index (κ1) is 20.2. The normalized spacial score (nSPS) is 19.5. The topological polar surface area (TPSA) is 58.5 Å². The summed E-state index contributed by atoms with van der Waals surface area (Å²) in [6.45, 7) is 3.84. The van der Waals surface area contributed by atoms with Crippen molar-refractivity contribution in [2.24, 2.45) is 10.9 Å². The minimum atomic E-state index is 0.229. The number of likely N-dealkylation sites (tertiary alicyclic amines) is 1. The summed E-state index contributed by atoms with van der Waals surface area (Å²) in [5.74, 6) is 1.01. The molecule has 154 valence electrons. The molecule has 1 aliphatic rings. The molecular weight excluding hydrogens is 372 g/mol. The van der Waals surface area contributed by atoms with E-state index in [-0.39, 0.29) is 5.91 Å². The number of carbonyl (C=O) groups is 1. The summed E-state index contributed by atoms with van der Waals surface area (Å²) >= 11 is 0. The van der Waals surface area contributed by atoms with Crippen LogP contribution >= 0.6 is 0 Å². The molecule has 1 aromatic carbocycles. The number of benzene rings is 1. The molecule has 1 amide bonds. The molecule has 5 heteroatoms. The smallest absolute Gasteiger partial charge is 0.222 e. The molecule has 1 saturated heterocycles. The average Bonchev–Trinajstić information content (AvgIpc) is 2.78. The SMILES string of the molecule is C/N=C/c1ccc([C@H]2C[C@@H](C)CN(C(=O)CCc3cccnc3)C2)c2cccnc12. The number of hydrogen-bond acceptors (Lipinski definition) is 4. The maximum Gasteiger partial charge on any atom is 0.222 e. The van der Waals surface area contributed by atoms with E-state index in [0.29, 0.717) is 18.3 Å². The number of amides is 1. The molecule has 5 nitrogen and oxygen atoms in total. The number of rotatable bonds is 5. The minimum absolute atomic E-state index is 0.229. The number of fused-ring (bicyclic) bond motifs is 1. The van der Waals surface area contributed by atoms with E-state index in [1.165, 1.54) is 5.56 Å². The van der Waals surface area contributed by atoms with Gasteiger partial charge in [-0.3, -0.25) is 19.8 Å². The molecule has 3 heterocycles. The Balaban J connectivity index is 1.55. The van der Waals surface area contributed by atoms with E-state index in [1.54, 1.807) is 13.2 Å². The minimum Gasteiger partial charge on any atom is -0.342 e. The number of aromatic nitrogens is 2. The van der Waals surface area contributed by atoms with Crippen LogP contribution in [0.2, 0.25) is 0 Å². The van der Waals surface area contributed by atoms with Crippen LogP contribution in [-0.2, 0) is 11.2 Å². The Labute approximate surface area is 177 Å². The number of piperidine rings is 1. The van der Waals surface area contributed by atoms with Crippen LogP contribution in [0.5, 0.6) is 0 Å². The quantitative estimate of drug-likeness (QED) is 0.601. The van der Waals surface area contributed by atoms with E-state index in [2.05, 4.69) is 45.0 Å². The van der Waals surface area contributed by atoms with Crippen LogP contribution in [0.3, 0.4) is 0 Å². The molecule has 1 aliphatic heterocycles. The van der Waals surface area contributed by atoms with Gasteiger partial charge < -0.3 is 4.90 Å². The Bertz CT molecular complexity index is 1050. The second-order valence-electron chi connectivity index (χ2n) is 8.23. The van der Waals surface area contributed by atoms with Gasteiger partial charge in [-0.05, 0) is 42.0 Å². The fourth-order valence-electron chi connectivity index (χ4n) is 4.55. The van der Waals surface area contributed by atoms with Gasteiger partial charge in [-0.2, -0.15) is 0 Å². The third-order valence-corrected chi connectivity index (χ3v) is 5.91. The van der Waals surface area contributed by atoms with Crippen molar-refractivity contribution in [2.75, 3.05) is 20.1 Å². The molecule has 4 rings (SSSR count). The molecular formula is C25H28N4O. The van der Waals surface area contributed by atoms with E-state index in [4.69, 9.17) is 0 Å². The van der Waals surface area contributed by atoms with Gasteiger partial charge in [0.05, 0.1) is 5.52 Å². The van der Waals surface area contributed by atoms with Crippen molar-refractivity contribution < 1.29 is 4.79 Å². The van der Waals surface area contributed by atoms with Crippen LogP contribution in [0.25, 0.3) is 10.9 Å². The summed E-state index contributed by atoms with van der Waals surface area (Å²) in [4.78, 5) is 28.0. The van der Waals surface area contributed by atoms with Gasteiger partial charge in [0.25, 0.3) is 0 Å². The lowest BCUT2D eigenvalue weighted by molar-refractivity contribution is -0.133. The maximum absolute atomic E-state index is 13.0. The van der Waals surface area contributed by atoms with Crippen molar-refractivity contribution >= 4 is 23.0 Å². The summed E-state index contributed by atoms with van der Waals surface area (Å²) in [7, 11) is 1.78. The summed E-state index contributed by atoms with van der Waals surface area (Å²) in [6, 6.07) is 12.4. The predicted octanol–water partition coefficient (Wildman–Crippen LogP) is 4.26. The van der Waals surface area contributed by atoms with Crippen molar-refractivity contribution in [2.45, 2.75) is 32.1 Å². The molecule has 0 radical (unpaired) electrons. The highest BCUT2D eigenvalue weighted by Gasteiger charge is 2.29. The first-order chi connectivity index (χ1) is 14.7. The molecule has 0 N–H and O–H groups in total. The van der Waals surface area contributed by atoms with E-state index in [0.717, 1.165) is 48.0 Å². The summed E-state index contributed by atoms with van der Waals surface area (Å²) < 4.78 is 0. The van der Waals surface area contributed by atoms with Gasteiger partial charge in [0.1, 0.15) is 0 Å². The molecule has 2 atom stereocenters. The molecule has 1 fully saturated rings. The highest BCUT2D eigenvalue weighted by molar-refractivity contribution is 5.99. The summed E-state index contributed by atoms with van der Waals surface area (Å²) in [5, 5.41) is 1.16. The van der Waals surface area contributed by atoms with E-state index in [9.17, 15) is 4.79 Å². The van der Waals surface area contributed by atoms with Gasteiger partial charge in [0.15, 0.2) is 0 Å². The average molecular weight is 401 g/mol. The third kappa shape index (κ3) is 4.40. The van der Waals surface area contributed by atoms with Crippen LogP contribution in [0.4, 0.5) is 0 Å².